The lowest BCUT2D eigenvalue weighted by atomic mass is 9.70. The molecule has 0 aromatic heterocycles. The van der Waals surface area contributed by atoms with Crippen molar-refractivity contribution in [2.24, 2.45) is 5.92 Å². The van der Waals surface area contributed by atoms with E-state index in [1.807, 2.05) is 31.2 Å². The lowest BCUT2D eigenvalue weighted by molar-refractivity contribution is 0.103. The Hall–Kier alpha value is -2.67. The van der Waals surface area contributed by atoms with Gasteiger partial charge in [0.25, 0.3) is 0 Å². The standard InChI is InChI=1S/C38H48O/c1-4-6-24-38(25-7-5-2)35-26-30(18-13-17-29-15-9-8-10-16-29)20-22-33(35)34-23-21-31(27-36(34)38)37(39)32-19-12-11-14-28(32)3/h11-12,14,19-23,26-27,29H,4-10,13,15-18,24-25H2,1-3H3. The summed E-state index contributed by atoms with van der Waals surface area (Å²) in [5, 5.41) is 0. The van der Waals surface area contributed by atoms with Crippen molar-refractivity contribution in [1.29, 1.82) is 0 Å². The van der Waals surface area contributed by atoms with Gasteiger partial charge in [-0.2, -0.15) is 0 Å². The molecule has 0 saturated heterocycles. The number of hydrogen-bond donors (Lipinski definition) is 0. The van der Waals surface area contributed by atoms with Gasteiger partial charge in [0.05, 0.1) is 0 Å². The molecule has 0 spiro atoms. The van der Waals surface area contributed by atoms with Crippen molar-refractivity contribution >= 4 is 5.78 Å². The van der Waals surface area contributed by atoms with Crippen molar-refractivity contribution in [3.05, 3.63) is 94.0 Å². The van der Waals surface area contributed by atoms with Crippen LogP contribution >= 0.6 is 0 Å². The molecule has 3 aromatic rings. The number of aryl methyl sites for hydroxylation is 2. The molecule has 2 aliphatic rings. The molecule has 206 valence electrons. The van der Waals surface area contributed by atoms with Crippen LogP contribution in [-0.2, 0) is 11.8 Å². The van der Waals surface area contributed by atoms with Crippen LogP contribution in [0.25, 0.3) is 11.1 Å². The molecule has 0 amide bonds. The second kappa shape index (κ2) is 12.7. The predicted octanol–water partition coefficient (Wildman–Crippen LogP) is 10.8. The number of hydrogen-bond acceptors (Lipinski definition) is 1. The normalized spacial score (nSPS) is 16.2. The number of benzene rings is 3. The van der Waals surface area contributed by atoms with Crippen molar-refractivity contribution < 1.29 is 4.79 Å². The third-order valence-corrected chi connectivity index (χ3v) is 9.79. The monoisotopic (exact) mass is 520 g/mol. The average Bonchev–Trinajstić information content (AvgIpc) is 3.24. The molecule has 0 atom stereocenters. The zero-order chi connectivity index (χ0) is 27.2. The van der Waals surface area contributed by atoms with Crippen LogP contribution in [0.5, 0.6) is 0 Å². The van der Waals surface area contributed by atoms with Crippen molar-refractivity contribution in [1.82, 2.24) is 0 Å². The van der Waals surface area contributed by atoms with E-state index < -0.39 is 0 Å². The van der Waals surface area contributed by atoms with Gasteiger partial charge in [-0.25, -0.2) is 0 Å². The van der Waals surface area contributed by atoms with Crippen molar-refractivity contribution in [3.8, 4) is 11.1 Å². The average molecular weight is 521 g/mol. The number of carbonyl (C=O) groups is 1. The molecule has 3 aromatic carbocycles. The first-order chi connectivity index (χ1) is 19.1. The Morgan fingerprint density at radius 3 is 2.15 bits per heavy atom. The molecule has 1 nitrogen and oxygen atoms in total. The fourth-order valence-corrected chi connectivity index (χ4v) is 7.51. The highest BCUT2D eigenvalue weighted by Crippen LogP contribution is 2.54. The highest BCUT2D eigenvalue weighted by Gasteiger charge is 2.42. The second-order valence-corrected chi connectivity index (χ2v) is 12.5. The fourth-order valence-electron chi connectivity index (χ4n) is 7.51. The Labute approximate surface area is 237 Å². The maximum Gasteiger partial charge on any atom is 0.193 e. The van der Waals surface area contributed by atoms with Gasteiger partial charge in [0, 0.05) is 16.5 Å². The molecule has 1 fully saturated rings. The number of fused-ring (bicyclic) bond motifs is 3. The summed E-state index contributed by atoms with van der Waals surface area (Å²) in [6, 6.07) is 22.0. The summed E-state index contributed by atoms with van der Waals surface area (Å²) in [6.07, 6.45) is 18.2. The first kappa shape index (κ1) is 27.9. The lowest BCUT2D eigenvalue weighted by Gasteiger charge is -2.33. The van der Waals surface area contributed by atoms with Crippen LogP contribution in [-0.4, -0.2) is 5.78 Å². The molecule has 39 heavy (non-hydrogen) atoms. The quantitative estimate of drug-likeness (QED) is 0.217. The topological polar surface area (TPSA) is 17.1 Å². The Balaban J connectivity index is 1.50. The summed E-state index contributed by atoms with van der Waals surface area (Å²) in [5.41, 5.74) is 9.92. The van der Waals surface area contributed by atoms with Gasteiger partial charge >= 0.3 is 0 Å². The number of carbonyl (C=O) groups excluding carboxylic acids is 1. The SMILES string of the molecule is CCCCC1(CCCC)c2cc(CCCC3CCCCC3)ccc2-c2ccc(C(=O)c3ccccc3C)cc21. The highest BCUT2D eigenvalue weighted by molar-refractivity contribution is 6.10. The molecule has 1 saturated carbocycles. The molecule has 1 heteroatoms. The fraction of sp³-hybridized carbons (Fsp3) is 0.500. The van der Waals surface area contributed by atoms with Crippen LogP contribution in [0.1, 0.15) is 135 Å². The Morgan fingerprint density at radius 1 is 0.795 bits per heavy atom. The number of unbranched alkanes of at least 4 members (excludes halogenated alkanes) is 2. The summed E-state index contributed by atoms with van der Waals surface area (Å²) in [6.45, 7) is 6.66. The summed E-state index contributed by atoms with van der Waals surface area (Å²) in [7, 11) is 0. The minimum absolute atomic E-state index is 0.0120. The van der Waals surface area contributed by atoms with E-state index in [1.54, 1.807) is 0 Å². The second-order valence-electron chi connectivity index (χ2n) is 12.5. The molecule has 0 heterocycles. The van der Waals surface area contributed by atoms with E-state index in [-0.39, 0.29) is 11.2 Å². The van der Waals surface area contributed by atoms with Crippen LogP contribution in [0.3, 0.4) is 0 Å². The summed E-state index contributed by atoms with van der Waals surface area (Å²) < 4.78 is 0. The zero-order valence-corrected chi connectivity index (χ0v) is 24.7. The van der Waals surface area contributed by atoms with Gasteiger partial charge in [0.2, 0.25) is 0 Å². The third-order valence-electron chi connectivity index (χ3n) is 9.79. The van der Waals surface area contributed by atoms with E-state index >= 15 is 0 Å². The summed E-state index contributed by atoms with van der Waals surface area (Å²) in [4.78, 5) is 13.7. The van der Waals surface area contributed by atoms with Crippen molar-refractivity contribution in [3.63, 3.8) is 0 Å². The first-order valence-corrected chi connectivity index (χ1v) is 16.0. The summed E-state index contributed by atoms with van der Waals surface area (Å²) in [5.74, 6) is 1.10. The van der Waals surface area contributed by atoms with E-state index in [2.05, 4.69) is 50.2 Å². The molecule has 0 radical (unpaired) electrons. The van der Waals surface area contributed by atoms with Crippen molar-refractivity contribution in [2.45, 2.75) is 116 Å². The Bertz CT molecular complexity index is 1270. The molecular formula is C38H48O. The van der Waals surface area contributed by atoms with Crippen LogP contribution < -0.4 is 0 Å². The maximum atomic E-state index is 13.7. The Kier molecular flexibility index (Phi) is 9.06. The largest absolute Gasteiger partial charge is 0.289 e. The maximum absolute atomic E-state index is 13.7. The van der Waals surface area contributed by atoms with Crippen LogP contribution in [0, 0.1) is 12.8 Å². The highest BCUT2D eigenvalue weighted by atomic mass is 16.1. The molecule has 2 aliphatic carbocycles. The third kappa shape index (κ3) is 5.79. The Morgan fingerprint density at radius 2 is 1.46 bits per heavy atom. The minimum atomic E-state index is 0.0120. The van der Waals surface area contributed by atoms with Gasteiger partial charge in [0.1, 0.15) is 0 Å². The van der Waals surface area contributed by atoms with Crippen LogP contribution in [0.2, 0.25) is 0 Å². The molecule has 0 unspecified atom stereocenters. The van der Waals surface area contributed by atoms with Gasteiger partial charge < -0.3 is 0 Å². The van der Waals surface area contributed by atoms with Crippen LogP contribution in [0.4, 0.5) is 0 Å². The van der Waals surface area contributed by atoms with E-state index in [0.717, 1.165) is 35.4 Å². The van der Waals surface area contributed by atoms with E-state index in [0.29, 0.717) is 0 Å². The van der Waals surface area contributed by atoms with Gasteiger partial charge in [-0.1, -0.05) is 133 Å². The minimum Gasteiger partial charge on any atom is -0.289 e. The van der Waals surface area contributed by atoms with Crippen LogP contribution in [0.15, 0.2) is 60.7 Å². The molecular weight excluding hydrogens is 472 g/mol. The van der Waals surface area contributed by atoms with E-state index in [1.165, 1.54) is 105 Å². The van der Waals surface area contributed by atoms with Crippen molar-refractivity contribution in [2.75, 3.05) is 0 Å². The van der Waals surface area contributed by atoms with Gasteiger partial charge in [-0.3, -0.25) is 4.79 Å². The molecule has 5 rings (SSSR count). The van der Waals surface area contributed by atoms with Gasteiger partial charge in [-0.15, -0.1) is 0 Å². The smallest absolute Gasteiger partial charge is 0.193 e. The number of ketones is 1. The summed E-state index contributed by atoms with van der Waals surface area (Å²) >= 11 is 0. The lowest BCUT2D eigenvalue weighted by Crippen LogP contribution is -2.26. The van der Waals surface area contributed by atoms with E-state index in [4.69, 9.17) is 0 Å². The molecule has 0 N–H and O–H groups in total. The molecule has 0 aliphatic heterocycles. The van der Waals surface area contributed by atoms with E-state index in [9.17, 15) is 4.79 Å². The molecule has 0 bridgehead atoms. The first-order valence-electron chi connectivity index (χ1n) is 16.0. The predicted molar refractivity (Wildman–Crippen MR) is 166 cm³/mol. The van der Waals surface area contributed by atoms with Gasteiger partial charge in [-0.05, 0) is 78.0 Å². The zero-order valence-electron chi connectivity index (χ0n) is 24.7. The number of rotatable bonds is 12. The van der Waals surface area contributed by atoms with Gasteiger partial charge in [0.15, 0.2) is 5.78 Å².